The highest BCUT2D eigenvalue weighted by molar-refractivity contribution is 7.66. The maximum absolute atomic E-state index is 13.6. The van der Waals surface area contributed by atoms with Crippen LogP contribution in [0.3, 0.4) is 0 Å². The summed E-state index contributed by atoms with van der Waals surface area (Å²) in [6, 6.07) is 0. The van der Waals surface area contributed by atoms with Gasteiger partial charge in [-0.25, -0.2) is 22.9 Å². The lowest BCUT2D eigenvalue weighted by atomic mass is 9.98. The summed E-state index contributed by atoms with van der Waals surface area (Å²) in [6.07, 6.45) is -1.73. The number of hydrogen-bond donors (Lipinski definition) is 6. The lowest BCUT2D eigenvalue weighted by molar-refractivity contribution is -0.0957. The second-order valence-electron chi connectivity index (χ2n) is 6.01. The Morgan fingerprint density at radius 1 is 1.32 bits per heavy atom. The molecule has 7 N–H and O–H groups in total. The van der Waals surface area contributed by atoms with E-state index in [4.69, 9.17) is 25.2 Å². The molecule has 1 saturated heterocycles. The molecule has 0 radical (unpaired) electrons. The van der Waals surface area contributed by atoms with Gasteiger partial charge in [0.1, 0.15) is 11.8 Å². The average Bonchev–Trinajstić information content (AvgIpc) is 2.90. The molecule has 31 heavy (non-hydrogen) atoms. The first-order valence-electron chi connectivity index (χ1n) is 7.81. The summed E-state index contributed by atoms with van der Waals surface area (Å²) in [5.41, 5.74) is 2.13. The average molecular weight is 511 g/mol. The normalized spacial score (nSPS) is 28.1. The Bertz CT molecular complexity index is 1060. The number of nitrogens with zero attached hydrogens (tertiary/aromatic N) is 2. The van der Waals surface area contributed by atoms with Gasteiger partial charge in [0.25, 0.3) is 0 Å². The molecule has 0 bridgehead atoms. The van der Waals surface area contributed by atoms with Gasteiger partial charge in [-0.3, -0.25) is 9.09 Å². The Kier molecular flexibility index (Phi) is 7.45. The summed E-state index contributed by atoms with van der Waals surface area (Å²) in [4.78, 5) is 50.8. The van der Waals surface area contributed by atoms with Gasteiger partial charge in [0.15, 0.2) is 11.6 Å². The van der Waals surface area contributed by atoms with E-state index in [1.165, 1.54) is 0 Å². The zero-order chi connectivity index (χ0) is 23.8. The Labute approximate surface area is 172 Å². The fourth-order valence-electron chi connectivity index (χ4n) is 2.46. The van der Waals surface area contributed by atoms with Gasteiger partial charge in [0, 0.05) is 6.42 Å². The third-order valence-corrected chi connectivity index (χ3v) is 7.59. The largest absolute Gasteiger partial charge is 0.490 e. The number of halogens is 1. The van der Waals surface area contributed by atoms with Crippen LogP contribution in [0.15, 0.2) is 23.6 Å². The molecule has 2 heterocycles. The number of phosphoric acid groups is 3. The highest BCUT2D eigenvalue weighted by Gasteiger charge is 2.50. The number of anilines is 1. The molecule has 20 heteroatoms. The number of rotatable bonds is 9. The molecule has 1 fully saturated rings. The molecule has 2 unspecified atom stereocenters. The van der Waals surface area contributed by atoms with Crippen molar-refractivity contribution in [2.45, 2.75) is 24.4 Å². The topological polar surface area (TPSA) is 250 Å². The number of nitrogen functional groups attached to an aromatic ring is 1. The molecule has 0 amide bonds. The van der Waals surface area contributed by atoms with Gasteiger partial charge in [-0.1, -0.05) is 6.08 Å². The molecular weight excluding hydrogens is 494 g/mol. The first-order chi connectivity index (χ1) is 14.0. The van der Waals surface area contributed by atoms with E-state index in [1.54, 1.807) is 0 Å². The molecule has 1 aliphatic heterocycles. The maximum atomic E-state index is 13.6. The number of aliphatic hydroxyl groups is 1. The van der Waals surface area contributed by atoms with E-state index in [-0.39, 0.29) is 6.42 Å². The first-order valence-corrected chi connectivity index (χ1v) is 12.3. The Morgan fingerprint density at radius 3 is 2.48 bits per heavy atom. The van der Waals surface area contributed by atoms with Crippen molar-refractivity contribution in [2.24, 2.45) is 0 Å². The van der Waals surface area contributed by atoms with E-state index in [0.29, 0.717) is 10.8 Å². The molecule has 0 saturated carbocycles. The molecular formula is C11H17FN3O13P3. The van der Waals surface area contributed by atoms with Gasteiger partial charge >= 0.3 is 29.2 Å². The number of ether oxygens (including phenoxy) is 1. The summed E-state index contributed by atoms with van der Waals surface area (Å²) in [7, 11) is -16.9. The minimum absolute atomic E-state index is 0.378. The highest BCUT2D eigenvalue weighted by atomic mass is 31.3. The van der Waals surface area contributed by atoms with Gasteiger partial charge in [0.05, 0.1) is 18.9 Å². The molecule has 2 rings (SSSR count). The van der Waals surface area contributed by atoms with Gasteiger partial charge in [-0.2, -0.15) is 13.6 Å². The van der Waals surface area contributed by atoms with Crippen LogP contribution >= 0.6 is 23.5 Å². The number of nitrogens with two attached hydrogens (primary N) is 1. The zero-order valence-electron chi connectivity index (χ0n) is 15.1. The van der Waals surface area contributed by atoms with Crippen molar-refractivity contribution in [1.29, 1.82) is 0 Å². The monoisotopic (exact) mass is 511 g/mol. The Balaban J connectivity index is 2.18. The number of aromatic nitrogens is 2. The van der Waals surface area contributed by atoms with Crippen molar-refractivity contribution < 1.29 is 60.6 Å². The smallest absolute Gasteiger partial charge is 0.389 e. The lowest BCUT2D eigenvalue weighted by Gasteiger charge is -2.29. The van der Waals surface area contributed by atoms with E-state index in [9.17, 15) is 32.9 Å². The van der Waals surface area contributed by atoms with Gasteiger partial charge < -0.3 is 35.2 Å². The van der Waals surface area contributed by atoms with Crippen LogP contribution in [0.5, 0.6) is 0 Å². The summed E-state index contributed by atoms with van der Waals surface area (Å²) < 4.78 is 65.1. The van der Waals surface area contributed by atoms with E-state index in [2.05, 4.69) is 24.7 Å². The lowest BCUT2D eigenvalue weighted by Crippen LogP contribution is -2.41. The zero-order valence-corrected chi connectivity index (χ0v) is 17.8. The molecule has 176 valence electrons. The standard InChI is InChI=1S/C11H17FN3O13P3/c1-2-11(5-25-30(21,22)28-31(23,24)27-29(18,19)20)7(16)3-8(26-11)15-4-6(12)9(13)14-10(15)17/h2,4,7-8,16H,1,3,5H2,(H,21,22)(H,23,24)(H2,13,14,17)(H2,18,19,20)/t7-,8+,11+/m0/s1. The van der Waals surface area contributed by atoms with Crippen LogP contribution in [0.4, 0.5) is 10.2 Å². The predicted molar refractivity (Wildman–Crippen MR) is 96.4 cm³/mol. The van der Waals surface area contributed by atoms with Crippen molar-refractivity contribution in [3.05, 3.63) is 35.2 Å². The van der Waals surface area contributed by atoms with Crippen molar-refractivity contribution in [1.82, 2.24) is 9.55 Å². The third-order valence-electron chi connectivity index (χ3n) is 3.80. The fourth-order valence-corrected chi connectivity index (χ4v) is 5.52. The molecule has 1 aliphatic rings. The Hall–Kier alpha value is -1.32. The van der Waals surface area contributed by atoms with Gasteiger partial charge in [-0.15, -0.1) is 6.58 Å². The van der Waals surface area contributed by atoms with E-state index >= 15 is 0 Å². The summed E-state index contributed by atoms with van der Waals surface area (Å²) in [5.74, 6) is -1.75. The quantitative estimate of drug-likeness (QED) is 0.181. The van der Waals surface area contributed by atoms with Crippen LogP contribution < -0.4 is 11.4 Å². The summed E-state index contributed by atoms with van der Waals surface area (Å²) in [6.45, 7) is 2.29. The predicted octanol–water partition coefficient (Wildman–Crippen LogP) is -0.488. The molecule has 16 nitrogen and oxygen atoms in total. The molecule has 1 aromatic heterocycles. The molecule has 0 spiro atoms. The first kappa shape index (κ1) is 25.9. The minimum Gasteiger partial charge on any atom is -0.389 e. The van der Waals surface area contributed by atoms with Crippen LogP contribution in [0.1, 0.15) is 12.6 Å². The minimum atomic E-state index is -5.76. The maximum Gasteiger partial charge on any atom is 0.490 e. The van der Waals surface area contributed by atoms with Gasteiger partial charge in [-0.05, 0) is 0 Å². The van der Waals surface area contributed by atoms with Crippen molar-refractivity contribution >= 4 is 29.3 Å². The van der Waals surface area contributed by atoms with E-state index in [1.807, 2.05) is 0 Å². The van der Waals surface area contributed by atoms with Crippen LogP contribution in [-0.4, -0.2) is 52.5 Å². The second kappa shape index (κ2) is 8.90. The van der Waals surface area contributed by atoms with Crippen molar-refractivity contribution in [2.75, 3.05) is 12.3 Å². The summed E-state index contributed by atoms with van der Waals surface area (Å²) in [5, 5.41) is 10.3. The molecule has 1 aromatic rings. The Morgan fingerprint density at radius 2 is 1.94 bits per heavy atom. The molecule has 5 atom stereocenters. The van der Waals surface area contributed by atoms with Crippen LogP contribution in [0.25, 0.3) is 0 Å². The number of hydrogen-bond acceptors (Lipinski definition) is 11. The van der Waals surface area contributed by atoms with Crippen molar-refractivity contribution in [3.8, 4) is 0 Å². The van der Waals surface area contributed by atoms with E-state index in [0.717, 1.165) is 6.08 Å². The van der Waals surface area contributed by atoms with Crippen LogP contribution in [-0.2, 0) is 31.6 Å². The van der Waals surface area contributed by atoms with Crippen molar-refractivity contribution in [3.63, 3.8) is 0 Å². The van der Waals surface area contributed by atoms with Crippen LogP contribution in [0.2, 0.25) is 0 Å². The highest BCUT2D eigenvalue weighted by Crippen LogP contribution is 2.66. The fraction of sp³-hybridized carbons (Fsp3) is 0.455. The SMILES string of the molecule is C=C[C@]1(COP(=O)(O)OP(=O)(O)OP(=O)(O)O)O[C@@H](n2cc(F)c(N)nc2=O)C[C@@H]1O. The van der Waals surface area contributed by atoms with Crippen LogP contribution in [0, 0.1) is 5.82 Å². The number of aliphatic hydroxyl groups excluding tert-OH is 1. The number of phosphoric ester groups is 1. The molecule has 0 aliphatic carbocycles. The third kappa shape index (κ3) is 6.58. The van der Waals surface area contributed by atoms with E-state index < -0.39 is 65.3 Å². The summed E-state index contributed by atoms with van der Waals surface area (Å²) >= 11 is 0. The molecule has 0 aromatic carbocycles. The second-order valence-corrected chi connectivity index (χ2v) is 10.4. The van der Waals surface area contributed by atoms with Gasteiger partial charge in [0.2, 0.25) is 0 Å².